The molecule has 0 spiro atoms. The van der Waals surface area contributed by atoms with Crippen molar-refractivity contribution < 1.29 is 36.3 Å². The average molecular weight is 443 g/mol. The number of piperidine rings is 1. The summed E-state index contributed by atoms with van der Waals surface area (Å²) >= 11 is 5.52. The molecule has 1 saturated heterocycles. The van der Waals surface area contributed by atoms with Crippen molar-refractivity contribution in [3.05, 3.63) is 28.8 Å². The van der Waals surface area contributed by atoms with Crippen LogP contribution in [0.25, 0.3) is 0 Å². The number of carboxylic acids is 1. The van der Waals surface area contributed by atoms with Crippen molar-refractivity contribution in [2.75, 3.05) is 13.1 Å². The van der Waals surface area contributed by atoms with Gasteiger partial charge in [-0.05, 0) is 38.0 Å². The summed E-state index contributed by atoms with van der Waals surface area (Å²) in [6, 6.07) is 1.29. The highest BCUT2D eigenvalue weighted by atomic mass is 35.5. The first-order chi connectivity index (χ1) is 12.8. The molecule has 1 aliphatic heterocycles. The van der Waals surface area contributed by atoms with Gasteiger partial charge < -0.3 is 10.4 Å². The Bertz CT molecular complexity index is 868. The molecule has 156 valence electrons. The van der Waals surface area contributed by atoms with Gasteiger partial charge in [0.05, 0.1) is 15.5 Å². The summed E-state index contributed by atoms with van der Waals surface area (Å²) in [4.78, 5) is 22.3. The average Bonchev–Trinajstić information content (AvgIpc) is 2.60. The van der Waals surface area contributed by atoms with Crippen molar-refractivity contribution in [3.8, 4) is 0 Å². The summed E-state index contributed by atoms with van der Waals surface area (Å²) in [6.07, 6.45) is -4.55. The Hall–Kier alpha value is -1.85. The summed E-state index contributed by atoms with van der Waals surface area (Å²) < 4.78 is 65.3. The zero-order valence-electron chi connectivity index (χ0n) is 14.7. The van der Waals surface area contributed by atoms with Gasteiger partial charge in [0.15, 0.2) is 0 Å². The normalized spacial score (nSPS) is 17.9. The van der Waals surface area contributed by atoms with Crippen molar-refractivity contribution in [2.24, 2.45) is 5.92 Å². The van der Waals surface area contributed by atoms with Crippen LogP contribution < -0.4 is 5.32 Å². The molecule has 7 nitrogen and oxygen atoms in total. The third-order valence-corrected chi connectivity index (χ3v) is 6.66. The van der Waals surface area contributed by atoms with Gasteiger partial charge in [-0.3, -0.25) is 9.59 Å². The molecule has 1 aromatic rings. The number of carboxylic acid groups (broad SMARTS) is 1. The molecule has 1 fully saturated rings. The number of rotatable bonds is 5. The van der Waals surface area contributed by atoms with E-state index in [4.69, 9.17) is 16.7 Å². The molecule has 0 radical (unpaired) electrons. The van der Waals surface area contributed by atoms with Crippen LogP contribution in [-0.4, -0.2) is 48.8 Å². The van der Waals surface area contributed by atoms with Crippen LogP contribution in [-0.2, 0) is 25.8 Å². The van der Waals surface area contributed by atoms with Crippen molar-refractivity contribution in [3.63, 3.8) is 0 Å². The van der Waals surface area contributed by atoms with E-state index in [1.54, 1.807) is 0 Å². The maximum atomic E-state index is 13.0. The Morgan fingerprint density at radius 1 is 1.29 bits per heavy atom. The SMILES string of the molecule is C[C@@H](NC(=O)C1CCN(S(=O)(=O)c2ccc(Cl)c(C(F)(F)F)c2)CC1)C(=O)O. The van der Waals surface area contributed by atoms with Gasteiger partial charge >= 0.3 is 12.1 Å². The van der Waals surface area contributed by atoms with E-state index in [9.17, 15) is 31.2 Å². The number of alkyl halides is 3. The number of benzene rings is 1. The van der Waals surface area contributed by atoms with Crippen molar-refractivity contribution in [1.82, 2.24) is 9.62 Å². The number of sulfonamides is 1. The first-order valence-corrected chi connectivity index (χ1v) is 10.1. The van der Waals surface area contributed by atoms with Gasteiger partial charge in [-0.1, -0.05) is 11.6 Å². The van der Waals surface area contributed by atoms with Gasteiger partial charge in [-0.2, -0.15) is 17.5 Å². The maximum absolute atomic E-state index is 13.0. The summed E-state index contributed by atoms with van der Waals surface area (Å²) in [6.45, 7) is 1.15. The Labute approximate surface area is 164 Å². The third kappa shape index (κ3) is 4.95. The molecule has 12 heteroatoms. The molecule has 0 saturated carbocycles. The molecule has 2 rings (SSSR count). The number of nitrogens with one attached hydrogen (secondary N) is 1. The Morgan fingerprint density at radius 2 is 1.86 bits per heavy atom. The number of aliphatic carboxylic acids is 1. The Balaban J connectivity index is 2.11. The predicted molar refractivity (Wildman–Crippen MR) is 93.2 cm³/mol. The van der Waals surface area contributed by atoms with Gasteiger partial charge in [0, 0.05) is 19.0 Å². The minimum Gasteiger partial charge on any atom is -0.480 e. The molecule has 1 aliphatic rings. The summed E-state index contributed by atoms with van der Waals surface area (Å²) in [5, 5.41) is 10.5. The van der Waals surface area contributed by atoms with Gasteiger partial charge in [-0.25, -0.2) is 8.42 Å². The molecule has 0 aliphatic carbocycles. The number of hydrogen-bond donors (Lipinski definition) is 2. The number of halogens is 4. The molecule has 1 heterocycles. The van der Waals surface area contributed by atoms with Crippen LogP contribution in [0.2, 0.25) is 5.02 Å². The quantitative estimate of drug-likeness (QED) is 0.728. The van der Waals surface area contributed by atoms with Crippen LogP contribution in [0.1, 0.15) is 25.3 Å². The Kier molecular flexibility index (Phi) is 6.62. The van der Waals surface area contributed by atoms with Gasteiger partial charge in [0.1, 0.15) is 6.04 Å². The highest BCUT2D eigenvalue weighted by Gasteiger charge is 2.37. The fourth-order valence-electron chi connectivity index (χ4n) is 2.78. The van der Waals surface area contributed by atoms with E-state index in [0.29, 0.717) is 6.07 Å². The minimum atomic E-state index is -4.80. The van der Waals surface area contributed by atoms with Crippen molar-refractivity contribution in [1.29, 1.82) is 0 Å². The summed E-state index contributed by atoms with van der Waals surface area (Å²) in [5.41, 5.74) is -1.24. The lowest BCUT2D eigenvalue weighted by atomic mass is 9.97. The van der Waals surface area contributed by atoms with E-state index in [-0.39, 0.29) is 25.9 Å². The topological polar surface area (TPSA) is 104 Å². The number of nitrogens with zero attached hydrogens (tertiary/aromatic N) is 1. The molecular formula is C16H18ClF3N2O5S. The summed E-state index contributed by atoms with van der Waals surface area (Å²) in [7, 11) is -4.20. The second-order valence-corrected chi connectivity index (χ2v) is 8.73. The van der Waals surface area contributed by atoms with E-state index in [1.165, 1.54) is 6.92 Å². The first-order valence-electron chi connectivity index (χ1n) is 8.24. The van der Waals surface area contributed by atoms with E-state index in [2.05, 4.69) is 5.32 Å². The molecule has 1 amide bonds. The van der Waals surface area contributed by atoms with Crippen LogP contribution in [0.5, 0.6) is 0 Å². The van der Waals surface area contributed by atoms with E-state index < -0.39 is 55.5 Å². The molecule has 2 N–H and O–H groups in total. The number of hydrogen-bond acceptors (Lipinski definition) is 4. The standard InChI is InChI=1S/C16H18ClF3N2O5S/c1-9(15(24)25)21-14(23)10-4-6-22(7-5-10)28(26,27)11-2-3-13(17)12(8-11)16(18,19)20/h2-3,8-10H,4-7H2,1H3,(H,21,23)(H,24,25)/t9-/m1/s1. The Morgan fingerprint density at radius 3 is 2.36 bits per heavy atom. The van der Waals surface area contributed by atoms with Gasteiger partial charge in [-0.15, -0.1) is 0 Å². The van der Waals surface area contributed by atoms with Gasteiger partial charge in [0.25, 0.3) is 0 Å². The lowest BCUT2D eigenvalue weighted by Gasteiger charge is -2.31. The molecule has 0 unspecified atom stereocenters. The van der Waals surface area contributed by atoms with Crippen molar-refractivity contribution in [2.45, 2.75) is 36.9 Å². The lowest BCUT2D eigenvalue weighted by Crippen LogP contribution is -2.46. The number of amides is 1. The molecule has 0 aromatic heterocycles. The van der Waals surface area contributed by atoms with Crippen LogP contribution in [0.4, 0.5) is 13.2 Å². The highest BCUT2D eigenvalue weighted by molar-refractivity contribution is 7.89. The largest absolute Gasteiger partial charge is 0.480 e. The predicted octanol–water partition coefficient (Wildman–Crippen LogP) is 2.35. The van der Waals surface area contributed by atoms with Crippen molar-refractivity contribution >= 4 is 33.5 Å². The zero-order valence-corrected chi connectivity index (χ0v) is 16.2. The lowest BCUT2D eigenvalue weighted by molar-refractivity contribution is -0.142. The fourth-order valence-corrected chi connectivity index (χ4v) is 4.50. The number of carbonyl (C=O) groups is 2. The second-order valence-electron chi connectivity index (χ2n) is 6.39. The van der Waals surface area contributed by atoms with Crippen LogP contribution in [0.15, 0.2) is 23.1 Å². The van der Waals surface area contributed by atoms with E-state index in [0.717, 1.165) is 16.4 Å². The number of carbonyl (C=O) groups excluding carboxylic acids is 1. The molecular weight excluding hydrogens is 425 g/mol. The molecule has 28 heavy (non-hydrogen) atoms. The first kappa shape index (κ1) is 22.4. The molecule has 1 atom stereocenters. The van der Waals surface area contributed by atoms with Crippen LogP contribution >= 0.6 is 11.6 Å². The van der Waals surface area contributed by atoms with E-state index in [1.807, 2.05) is 0 Å². The molecule has 1 aromatic carbocycles. The monoisotopic (exact) mass is 442 g/mol. The van der Waals surface area contributed by atoms with Gasteiger partial charge in [0.2, 0.25) is 15.9 Å². The third-order valence-electron chi connectivity index (χ3n) is 4.43. The van der Waals surface area contributed by atoms with Crippen LogP contribution in [0, 0.1) is 5.92 Å². The van der Waals surface area contributed by atoms with E-state index >= 15 is 0 Å². The summed E-state index contributed by atoms with van der Waals surface area (Å²) in [5.74, 6) is -2.28. The minimum absolute atomic E-state index is 0.0775. The zero-order chi connectivity index (χ0) is 21.3. The fraction of sp³-hybridized carbons (Fsp3) is 0.500. The van der Waals surface area contributed by atoms with Crippen LogP contribution in [0.3, 0.4) is 0 Å². The second kappa shape index (κ2) is 8.26. The molecule has 0 bridgehead atoms. The smallest absolute Gasteiger partial charge is 0.417 e. The highest BCUT2D eigenvalue weighted by Crippen LogP contribution is 2.36. The maximum Gasteiger partial charge on any atom is 0.417 e.